The van der Waals surface area contributed by atoms with Gasteiger partial charge in [0, 0.05) is 18.8 Å². The number of carbonyl (C=O) groups excluding carboxylic acids is 1. The third-order valence-electron chi connectivity index (χ3n) is 5.65. The van der Waals surface area contributed by atoms with E-state index < -0.39 is 0 Å². The normalized spacial score (nSPS) is 20.4. The number of allylic oxidation sites excluding steroid dienone is 1. The van der Waals surface area contributed by atoms with Crippen molar-refractivity contribution in [2.45, 2.75) is 38.3 Å². The van der Waals surface area contributed by atoms with Crippen LogP contribution in [0.5, 0.6) is 5.75 Å². The summed E-state index contributed by atoms with van der Waals surface area (Å²) in [5.41, 5.74) is 4.46. The number of hydrogen-bond donors (Lipinski definition) is 4. The standard InChI is InChI=1S/C24H31N5O3/c1-3-4-6-18(29-24(30)22-15-32-12-11-26-22)19-9-8-16(27-19)13-21-23(31-2)14-20(28-21)17-7-5-10-25-17/h5,7-10,13-14,18,22,25-26,28H,3-4,6,11-12,15H2,1-2H3,(H,29,30)/b16-13+. The second-order valence-electron chi connectivity index (χ2n) is 7.97. The molecule has 170 valence electrons. The van der Waals surface area contributed by atoms with Crippen molar-refractivity contribution < 1.29 is 14.3 Å². The fourth-order valence-corrected chi connectivity index (χ4v) is 3.90. The number of amides is 1. The van der Waals surface area contributed by atoms with Crippen molar-refractivity contribution >= 4 is 17.7 Å². The molecule has 2 aromatic heterocycles. The van der Waals surface area contributed by atoms with Crippen LogP contribution in [0.2, 0.25) is 0 Å². The number of hydrogen-bond acceptors (Lipinski definition) is 5. The van der Waals surface area contributed by atoms with Crippen LogP contribution >= 0.6 is 0 Å². The van der Waals surface area contributed by atoms with E-state index in [9.17, 15) is 4.79 Å². The van der Waals surface area contributed by atoms with Gasteiger partial charge in [-0.1, -0.05) is 19.8 Å². The highest BCUT2D eigenvalue weighted by Gasteiger charge is 2.26. The topological polar surface area (TPSA) is 104 Å². The van der Waals surface area contributed by atoms with Gasteiger partial charge in [-0.15, -0.1) is 0 Å². The lowest BCUT2D eigenvalue weighted by molar-refractivity contribution is -0.126. The average Bonchev–Trinajstić information content (AvgIpc) is 3.58. The van der Waals surface area contributed by atoms with Crippen LogP contribution in [0.25, 0.3) is 17.5 Å². The van der Waals surface area contributed by atoms with Gasteiger partial charge in [-0.2, -0.15) is 0 Å². The third kappa shape index (κ3) is 5.20. The van der Waals surface area contributed by atoms with E-state index in [1.165, 1.54) is 0 Å². The molecule has 0 radical (unpaired) electrons. The molecule has 2 aliphatic heterocycles. The summed E-state index contributed by atoms with van der Waals surface area (Å²) >= 11 is 0. The van der Waals surface area contributed by atoms with Crippen LogP contribution in [0.1, 0.15) is 31.9 Å². The minimum Gasteiger partial charge on any atom is -0.494 e. The van der Waals surface area contributed by atoms with Crippen molar-refractivity contribution in [1.29, 1.82) is 0 Å². The summed E-state index contributed by atoms with van der Waals surface area (Å²) in [6, 6.07) is 5.47. The number of ether oxygens (including phenoxy) is 2. The number of aromatic nitrogens is 2. The lowest BCUT2D eigenvalue weighted by atomic mass is 10.0. The van der Waals surface area contributed by atoms with Gasteiger partial charge < -0.3 is 30.1 Å². The number of carbonyl (C=O) groups is 1. The Morgan fingerprint density at radius 1 is 1.41 bits per heavy atom. The smallest absolute Gasteiger partial charge is 0.240 e. The number of rotatable bonds is 9. The zero-order valence-corrected chi connectivity index (χ0v) is 18.6. The SMILES string of the molecule is CCCCC(NC(=O)C1COCCN1)C1=N/C(=C/c2[nH]c(-c3ccc[nH]3)cc2OC)C=C1. The average molecular weight is 438 g/mol. The largest absolute Gasteiger partial charge is 0.494 e. The molecule has 1 amide bonds. The number of H-pyrrole nitrogens is 2. The zero-order chi connectivity index (χ0) is 22.3. The van der Waals surface area contributed by atoms with Crippen molar-refractivity contribution in [3.05, 3.63) is 47.9 Å². The number of methoxy groups -OCH3 is 1. The first-order valence-corrected chi connectivity index (χ1v) is 11.2. The monoisotopic (exact) mass is 437 g/mol. The molecule has 0 saturated carbocycles. The van der Waals surface area contributed by atoms with Crippen LogP contribution in [-0.4, -0.2) is 60.5 Å². The first-order chi connectivity index (χ1) is 15.7. The lowest BCUT2D eigenvalue weighted by Crippen LogP contribution is -2.54. The number of aliphatic imine (C=N–C) groups is 1. The van der Waals surface area contributed by atoms with E-state index in [2.05, 4.69) is 27.5 Å². The van der Waals surface area contributed by atoms with Crippen LogP contribution in [0.4, 0.5) is 0 Å². The highest BCUT2D eigenvalue weighted by atomic mass is 16.5. The van der Waals surface area contributed by atoms with Gasteiger partial charge in [-0.05, 0) is 36.8 Å². The van der Waals surface area contributed by atoms with Gasteiger partial charge in [-0.3, -0.25) is 9.79 Å². The van der Waals surface area contributed by atoms with Crippen LogP contribution < -0.4 is 15.4 Å². The highest BCUT2D eigenvalue weighted by molar-refractivity contribution is 6.05. The summed E-state index contributed by atoms with van der Waals surface area (Å²) in [7, 11) is 1.65. The molecule has 0 aromatic carbocycles. The molecule has 0 spiro atoms. The van der Waals surface area contributed by atoms with Crippen molar-refractivity contribution in [3.8, 4) is 17.1 Å². The summed E-state index contributed by atoms with van der Waals surface area (Å²) in [5.74, 6) is 0.708. The van der Waals surface area contributed by atoms with Gasteiger partial charge >= 0.3 is 0 Å². The van der Waals surface area contributed by atoms with E-state index in [0.29, 0.717) is 19.8 Å². The molecule has 4 N–H and O–H groups in total. The van der Waals surface area contributed by atoms with Gasteiger partial charge in [-0.25, -0.2) is 0 Å². The van der Waals surface area contributed by atoms with Crippen molar-refractivity contribution in [2.75, 3.05) is 26.9 Å². The molecule has 2 atom stereocenters. The Balaban J connectivity index is 1.51. The van der Waals surface area contributed by atoms with Gasteiger partial charge in [0.15, 0.2) is 0 Å². The molecule has 1 saturated heterocycles. The number of unbranched alkanes of at least 4 members (excludes halogenated alkanes) is 1. The molecular formula is C24H31N5O3. The molecule has 2 aromatic rings. The summed E-state index contributed by atoms with van der Waals surface area (Å²) in [6.07, 6.45) is 10.7. The van der Waals surface area contributed by atoms with E-state index in [1.54, 1.807) is 7.11 Å². The number of aromatic amines is 2. The molecule has 1 fully saturated rings. The first kappa shape index (κ1) is 22.1. The molecule has 0 aliphatic carbocycles. The Morgan fingerprint density at radius 2 is 2.31 bits per heavy atom. The maximum Gasteiger partial charge on any atom is 0.240 e. The van der Waals surface area contributed by atoms with E-state index in [4.69, 9.17) is 14.5 Å². The Labute approximate surface area is 188 Å². The van der Waals surface area contributed by atoms with Gasteiger partial charge in [0.05, 0.1) is 54.9 Å². The third-order valence-corrected chi connectivity index (χ3v) is 5.65. The zero-order valence-electron chi connectivity index (χ0n) is 18.6. The van der Waals surface area contributed by atoms with Crippen molar-refractivity contribution in [3.63, 3.8) is 0 Å². The van der Waals surface area contributed by atoms with Crippen LogP contribution in [0, 0.1) is 0 Å². The number of morpholine rings is 1. The molecule has 32 heavy (non-hydrogen) atoms. The van der Waals surface area contributed by atoms with E-state index in [1.807, 2.05) is 42.6 Å². The molecule has 0 bridgehead atoms. The van der Waals surface area contributed by atoms with Gasteiger partial charge in [0.25, 0.3) is 0 Å². The lowest BCUT2D eigenvalue weighted by Gasteiger charge is -2.26. The van der Waals surface area contributed by atoms with E-state index in [0.717, 1.165) is 53.5 Å². The summed E-state index contributed by atoms with van der Waals surface area (Å²) in [5, 5.41) is 6.38. The minimum absolute atomic E-state index is 0.0408. The second-order valence-corrected chi connectivity index (χ2v) is 7.97. The molecule has 4 heterocycles. The van der Waals surface area contributed by atoms with Gasteiger partial charge in [0.1, 0.15) is 11.8 Å². The summed E-state index contributed by atoms with van der Waals surface area (Å²) in [6.45, 7) is 3.87. The second kappa shape index (κ2) is 10.5. The van der Waals surface area contributed by atoms with Crippen LogP contribution in [0.3, 0.4) is 0 Å². The molecule has 8 nitrogen and oxygen atoms in total. The first-order valence-electron chi connectivity index (χ1n) is 11.2. The Bertz CT molecular complexity index is 997. The molecule has 2 unspecified atom stereocenters. The molecule has 2 aliphatic rings. The predicted octanol–water partition coefficient (Wildman–Crippen LogP) is 3.03. The molecule has 4 rings (SSSR count). The van der Waals surface area contributed by atoms with Crippen LogP contribution in [-0.2, 0) is 9.53 Å². The Hall–Kier alpha value is -3.10. The van der Waals surface area contributed by atoms with E-state index >= 15 is 0 Å². The molecular weight excluding hydrogens is 406 g/mol. The fourth-order valence-electron chi connectivity index (χ4n) is 3.90. The maximum absolute atomic E-state index is 12.7. The summed E-state index contributed by atoms with van der Waals surface area (Å²) < 4.78 is 11.0. The quantitative estimate of drug-likeness (QED) is 0.484. The van der Waals surface area contributed by atoms with Gasteiger partial charge in [0.2, 0.25) is 5.91 Å². The fraction of sp³-hybridized carbons (Fsp3) is 0.417. The minimum atomic E-state index is -0.316. The summed E-state index contributed by atoms with van der Waals surface area (Å²) in [4.78, 5) is 24.1. The Morgan fingerprint density at radius 3 is 3.03 bits per heavy atom. The number of nitrogens with zero attached hydrogens (tertiary/aromatic N) is 1. The van der Waals surface area contributed by atoms with E-state index in [-0.39, 0.29) is 18.0 Å². The van der Waals surface area contributed by atoms with Crippen molar-refractivity contribution in [1.82, 2.24) is 20.6 Å². The number of nitrogens with one attached hydrogen (secondary N) is 4. The van der Waals surface area contributed by atoms with Crippen LogP contribution in [0.15, 0.2) is 47.2 Å². The highest BCUT2D eigenvalue weighted by Crippen LogP contribution is 2.29. The Kier molecular flexibility index (Phi) is 7.24. The van der Waals surface area contributed by atoms with Crippen molar-refractivity contribution in [2.24, 2.45) is 4.99 Å². The maximum atomic E-state index is 12.7. The predicted molar refractivity (Wildman–Crippen MR) is 126 cm³/mol. The molecule has 8 heteroatoms.